The van der Waals surface area contributed by atoms with E-state index in [2.05, 4.69) is 20.7 Å². The fourth-order valence-electron chi connectivity index (χ4n) is 1.09. The summed E-state index contributed by atoms with van der Waals surface area (Å²) in [6.45, 7) is 0. The molecule has 18 heavy (non-hydrogen) atoms. The molecule has 0 fully saturated rings. The van der Waals surface area contributed by atoms with Crippen molar-refractivity contribution >= 4 is 15.9 Å². The third-order valence-electron chi connectivity index (χ3n) is 1.80. The highest BCUT2D eigenvalue weighted by atomic mass is 79.9. The first-order valence-corrected chi connectivity index (χ1v) is 5.32. The van der Waals surface area contributed by atoms with Crippen LogP contribution in [0.5, 0.6) is 5.88 Å². The quantitative estimate of drug-likeness (QED) is 0.664. The molecule has 0 unspecified atom stereocenters. The van der Waals surface area contributed by atoms with Crippen molar-refractivity contribution in [3.05, 3.63) is 27.5 Å². The Hall–Kier alpha value is -1.19. The van der Waals surface area contributed by atoms with Gasteiger partial charge in [0.15, 0.2) is 0 Å². The Kier molecular flexibility index (Phi) is 3.99. The maximum atomic E-state index is 12.3. The van der Waals surface area contributed by atoms with Crippen LogP contribution in [-0.2, 0) is 11.5 Å². The zero-order valence-electron chi connectivity index (χ0n) is 8.25. The number of aromatic amines is 1. The van der Waals surface area contributed by atoms with E-state index in [1.54, 1.807) is 4.98 Å². The highest BCUT2D eigenvalue weighted by Gasteiger charge is 2.37. The normalized spacial score (nSPS) is 12.6. The fraction of sp³-hybridized carbons (Fsp3) is 0.375. The number of pyridine rings is 1. The lowest BCUT2D eigenvalue weighted by atomic mass is 10.2. The minimum absolute atomic E-state index is 0.134. The van der Waals surface area contributed by atoms with Crippen molar-refractivity contribution in [2.24, 2.45) is 0 Å². The number of nitrogens with one attached hydrogen (secondary N) is 1. The Balaban J connectivity index is 3.35. The predicted octanol–water partition coefficient (Wildman–Crippen LogP) is 3.19. The van der Waals surface area contributed by atoms with Crippen molar-refractivity contribution in [1.82, 2.24) is 4.98 Å². The van der Waals surface area contributed by atoms with Crippen molar-refractivity contribution in [1.29, 1.82) is 0 Å². The first kappa shape index (κ1) is 14.9. The lowest BCUT2D eigenvalue weighted by molar-refractivity contribution is -0.276. The van der Waals surface area contributed by atoms with E-state index in [1.165, 1.54) is 0 Å². The molecular weight excluding hydrogens is 336 g/mol. The van der Waals surface area contributed by atoms with Crippen LogP contribution in [0.2, 0.25) is 0 Å². The van der Waals surface area contributed by atoms with Crippen LogP contribution in [0, 0.1) is 0 Å². The summed E-state index contributed by atoms with van der Waals surface area (Å²) in [5.74, 6) is -1.07. The number of H-pyrrole nitrogens is 1. The molecule has 1 aromatic heterocycles. The van der Waals surface area contributed by atoms with Crippen LogP contribution in [-0.4, -0.2) is 11.3 Å². The lowest BCUT2D eigenvalue weighted by Crippen LogP contribution is -2.26. The van der Waals surface area contributed by atoms with Crippen molar-refractivity contribution in [3.8, 4) is 5.88 Å². The number of hydrogen-bond acceptors (Lipinski definition) is 2. The second-order valence-electron chi connectivity index (χ2n) is 3.02. The number of halogens is 7. The van der Waals surface area contributed by atoms with E-state index in [-0.39, 0.29) is 6.20 Å². The van der Waals surface area contributed by atoms with Gasteiger partial charge < -0.3 is 9.72 Å². The topological polar surface area (TPSA) is 42.1 Å². The van der Waals surface area contributed by atoms with Crippen LogP contribution < -0.4 is 10.2 Å². The molecule has 102 valence electrons. The summed E-state index contributed by atoms with van der Waals surface area (Å²) < 4.78 is 76.3. The predicted molar refractivity (Wildman–Crippen MR) is 51.4 cm³/mol. The van der Waals surface area contributed by atoms with E-state index in [1.807, 2.05) is 0 Å². The van der Waals surface area contributed by atoms with Gasteiger partial charge in [-0.25, -0.2) is 0 Å². The fourth-order valence-corrected chi connectivity index (χ4v) is 1.60. The molecule has 0 aromatic carbocycles. The van der Waals surface area contributed by atoms with Gasteiger partial charge in [-0.05, 0) is 0 Å². The molecule has 0 aliphatic carbocycles. The maximum Gasteiger partial charge on any atom is 0.574 e. The highest BCUT2D eigenvalue weighted by molar-refractivity contribution is 9.08. The van der Waals surface area contributed by atoms with Crippen molar-refractivity contribution in [3.63, 3.8) is 0 Å². The Morgan fingerprint density at radius 2 is 1.78 bits per heavy atom. The second-order valence-corrected chi connectivity index (χ2v) is 3.58. The van der Waals surface area contributed by atoms with Crippen molar-refractivity contribution in [2.75, 3.05) is 0 Å². The minimum atomic E-state index is -5.11. The van der Waals surface area contributed by atoms with Crippen LogP contribution in [0.3, 0.4) is 0 Å². The molecule has 1 aromatic rings. The third kappa shape index (κ3) is 3.40. The molecular formula is C8H4BrF6NO2. The molecule has 3 nitrogen and oxygen atoms in total. The number of aromatic nitrogens is 1. The van der Waals surface area contributed by atoms with Crippen LogP contribution in [0.15, 0.2) is 11.0 Å². The van der Waals surface area contributed by atoms with Gasteiger partial charge in [0, 0.05) is 11.5 Å². The van der Waals surface area contributed by atoms with Gasteiger partial charge in [-0.15, -0.1) is 13.2 Å². The van der Waals surface area contributed by atoms with Gasteiger partial charge in [0.2, 0.25) is 11.3 Å². The Bertz CT molecular complexity index is 492. The summed E-state index contributed by atoms with van der Waals surface area (Å²) in [6, 6.07) is 0. The smallest absolute Gasteiger partial charge is 0.389 e. The molecule has 0 spiro atoms. The molecule has 1 N–H and O–H groups in total. The summed E-state index contributed by atoms with van der Waals surface area (Å²) in [6.07, 6.45) is -9.93. The van der Waals surface area contributed by atoms with Crippen molar-refractivity contribution in [2.45, 2.75) is 17.9 Å². The van der Waals surface area contributed by atoms with Crippen LogP contribution in [0.4, 0.5) is 26.3 Å². The van der Waals surface area contributed by atoms with E-state index < -0.39 is 40.3 Å². The SMILES string of the molecule is O=c1c(C(F)(F)F)c[nH]c(OC(F)(F)F)c1CBr. The second kappa shape index (κ2) is 4.82. The summed E-state index contributed by atoms with van der Waals surface area (Å²) in [5, 5.41) is -0.516. The zero-order valence-corrected chi connectivity index (χ0v) is 9.83. The van der Waals surface area contributed by atoms with E-state index in [0.717, 1.165) is 0 Å². The monoisotopic (exact) mass is 339 g/mol. The van der Waals surface area contributed by atoms with Gasteiger partial charge in [0.1, 0.15) is 5.56 Å². The first-order valence-electron chi connectivity index (χ1n) is 4.19. The summed E-state index contributed by atoms with van der Waals surface area (Å²) >= 11 is 2.63. The summed E-state index contributed by atoms with van der Waals surface area (Å²) in [4.78, 5) is 13.0. The van der Waals surface area contributed by atoms with E-state index >= 15 is 0 Å². The zero-order chi connectivity index (χ0) is 14.1. The molecule has 0 saturated heterocycles. The van der Waals surface area contributed by atoms with Gasteiger partial charge in [0.25, 0.3) is 0 Å². The van der Waals surface area contributed by atoms with Crippen LogP contribution >= 0.6 is 15.9 Å². The van der Waals surface area contributed by atoms with Gasteiger partial charge in [-0.1, -0.05) is 15.9 Å². The highest BCUT2D eigenvalue weighted by Crippen LogP contribution is 2.30. The van der Waals surface area contributed by atoms with E-state index in [9.17, 15) is 31.1 Å². The molecule has 0 bridgehead atoms. The van der Waals surface area contributed by atoms with Crippen LogP contribution in [0.25, 0.3) is 0 Å². The number of hydrogen-bond donors (Lipinski definition) is 1. The average molecular weight is 340 g/mol. The largest absolute Gasteiger partial charge is 0.574 e. The summed E-state index contributed by atoms with van der Waals surface area (Å²) in [5.41, 5.74) is -3.95. The van der Waals surface area contributed by atoms with Gasteiger partial charge in [-0.3, -0.25) is 4.79 Å². The molecule has 0 aliphatic rings. The standard InChI is InChI=1S/C8H4BrF6NO2/c9-1-3-5(17)4(7(10,11)12)2-16-6(3)18-8(13,14)15/h2H,1H2,(H,16,17). The third-order valence-corrected chi connectivity index (χ3v) is 2.36. The van der Waals surface area contributed by atoms with Gasteiger partial charge >= 0.3 is 12.5 Å². The maximum absolute atomic E-state index is 12.3. The van der Waals surface area contributed by atoms with E-state index in [0.29, 0.717) is 0 Å². The van der Waals surface area contributed by atoms with Gasteiger partial charge in [0.05, 0.1) is 5.56 Å². The van der Waals surface area contributed by atoms with E-state index in [4.69, 9.17) is 0 Å². The molecule has 0 saturated carbocycles. The average Bonchev–Trinajstić information content (AvgIpc) is 2.13. The van der Waals surface area contributed by atoms with Crippen molar-refractivity contribution < 1.29 is 31.1 Å². The molecule has 0 atom stereocenters. The molecule has 0 radical (unpaired) electrons. The number of alkyl halides is 7. The lowest BCUT2D eigenvalue weighted by Gasteiger charge is -2.13. The number of ether oxygens (including phenoxy) is 1. The molecule has 0 aliphatic heterocycles. The Morgan fingerprint density at radius 1 is 1.22 bits per heavy atom. The molecule has 1 heterocycles. The molecule has 0 amide bonds. The molecule has 10 heteroatoms. The Morgan fingerprint density at radius 3 is 2.17 bits per heavy atom. The van der Waals surface area contributed by atoms with Gasteiger partial charge in [-0.2, -0.15) is 13.2 Å². The van der Waals surface area contributed by atoms with Crippen LogP contribution in [0.1, 0.15) is 11.1 Å². The first-order chi connectivity index (χ1) is 8.06. The Labute approximate surface area is 104 Å². The minimum Gasteiger partial charge on any atom is -0.389 e. The summed E-state index contributed by atoms with van der Waals surface area (Å²) in [7, 11) is 0. The number of rotatable bonds is 2. The molecule has 1 rings (SSSR count).